The van der Waals surface area contributed by atoms with E-state index in [0.29, 0.717) is 24.1 Å². The molecular formula is C13H20N2O2. The van der Waals surface area contributed by atoms with Gasteiger partial charge in [-0.1, -0.05) is 0 Å². The molecule has 2 rings (SSSR count). The van der Waals surface area contributed by atoms with Gasteiger partial charge in [0.25, 0.3) is 0 Å². The van der Waals surface area contributed by atoms with Crippen molar-refractivity contribution in [2.45, 2.75) is 45.1 Å². The molecule has 0 amide bonds. The summed E-state index contributed by atoms with van der Waals surface area (Å²) < 4.78 is 5.62. The van der Waals surface area contributed by atoms with Gasteiger partial charge in [0.1, 0.15) is 12.0 Å². The van der Waals surface area contributed by atoms with Gasteiger partial charge in [-0.15, -0.1) is 0 Å². The van der Waals surface area contributed by atoms with E-state index in [1.165, 1.54) is 6.42 Å². The molecule has 1 fully saturated rings. The zero-order valence-electron chi connectivity index (χ0n) is 10.6. The van der Waals surface area contributed by atoms with Crippen LogP contribution in [-0.4, -0.2) is 35.3 Å². The van der Waals surface area contributed by atoms with Gasteiger partial charge < -0.3 is 14.1 Å². The van der Waals surface area contributed by atoms with Crippen LogP contribution in [0.25, 0.3) is 0 Å². The molecule has 17 heavy (non-hydrogen) atoms. The molecule has 1 aromatic heterocycles. The molecular weight excluding hydrogens is 216 g/mol. The second-order valence-corrected chi connectivity index (χ2v) is 4.96. The molecule has 1 aliphatic rings. The standard InChI is InChI=1S/C13H20N2O2/c1-10(2)15-6-3-4-11(9-15)13-14-8-12(17-13)5-7-16/h7-8,10-11H,3-6,9H2,1-2H3. The summed E-state index contributed by atoms with van der Waals surface area (Å²) in [5.74, 6) is 1.86. The van der Waals surface area contributed by atoms with Crippen molar-refractivity contribution in [3.8, 4) is 0 Å². The number of oxazole rings is 1. The maximum atomic E-state index is 10.4. The highest BCUT2D eigenvalue weighted by atomic mass is 16.4. The summed E-state index contributed by atoms with van der Waals surface area (Å²) >= 11 is 0. The Balaban J connectivity index is 2.02. The lowest BCUT2D eigenvalue weighted by Crippen LogP contribution is -2.39. The lowest BCUT2D eigenvalue weighted by atomic mass is 9.97. The number of rotatable bonds is 4. The molecule has 0 spiro atoms. The Morgan fingerprint density at radius 1 is 1.65 bits per heavy atom. The maximum absolute atomic E-state index is 10.4. The largest absolute Gasteiger partial charge is 0.445 e. The summed E-state index contributed by atoms with van der Waals surface area (Å²) in [6, 6.07) is 0.571. The third-order valence-corrected chi connectivity index (χ3v) is 3.39. The van der Waals surface area contributed by atoms with E-state index in [1.54, 1.807) is 6.20 Å². The molecule has 1 unspecified atom stereocenters. The smallest absolute Gasteiger partial charge is 0.198 e. The van der Waals surface area contributed by atoms with Crippen LogP contribution in [0.5, 0.6) is 0 Å². The lowest BCUT2D eigenvalue weighted by Gasteiger charge is -2.34. The van der Waals surface area contributed by atoms with Crippen LogP contribution in [0.2, 0.25) is 0 Å². The van der Waals surface area contributed by atoms with Crippen molar-refractivity contribution >= 4 is 6.29 Å². The van der Waals surface area contributed by atoms with Crippen LogP contribution in [0.3, 0.4) is 0 Å². The Bertz CT molecular complexity index is 373. The molecule has 94 valence electrons. The van der Waals surface area contributed by atoms with E-state index >= 15 is 0 Å². The Kier molecular flexibility index (Phi) is 3.94. The molecule has 0 aromatic carbocycles. The number of aldehydes is 1. The molecule has 4 nitrogen and oxygen atoms in total. The Labute approximate surface area is 102 Å². The first-order valence-corrected chi connectivity index (χ1v) is 6.33. The minimum absolute atomic E-state index is 0.327. The topological polar surface area (TPSA) is 46.3 Å². The van der Waals surface area contributed by atoms with E-state index in [2.05, 4.69) is 23.7 Å². The van der Waals surface area contributed by atoms with Crippen LogP contribution in [0, 0.1) is 0 Å². The molecule has 0 aliphatic carbocycles. The average molecular weight is 236 g/mol. The third kappa shape index (κ3) is 2.94. The van der Waals surface area contributed by atoms with Crippen molar-refractivity contribution in [3.05, 3.63) is 17.8 Å². The maximum Gasteiger partial charge on any atom is 0.198 e. The van der Waals surface area contributed by atoms with Gasteiger partial charge in [-0.2, -0.15) is 0 Å². The first-order chi connectivity index (χ1) is 8.20. The van der Waals surface area contributed by atoms with Crippen LogP contribution < -0.4 is 0 Å². The SMILES string of the molecule is CC(C)N1CCCC(c2ncc(CC=O)o2)C1. The fourth-order valence-corrected chi connectivity index (χ4v) is 2.36. The monoisotopic (exact) mass is 236 g/mol. The number of hydrogen-bond donors (Lipinski definition) is 0. The minimum atomic E-state index is 0.327. The van der Waals surface area contributed by atoms with Crippen molar-refractivity contribution in [2.24, 2.45) is 0 Å². The molecule has 1 aliphatic heterocycles. The lowest BCUT2D eigenvalue weighted by molar-refractivity contribution is -0.107. The number of carbonyl (C=O) groups is 1. The Morgan fingerprint density at radius 3 is 3.18 bits per heavy atom. The van der Waals surface area contributed by atoms with Crippen molar-refractivity contribution in [3.63, 3.8) is 0 Å². The zero-order chi connectivity index (χ0) is 12.3. The molecule has 1 aromatic rings. The summed E-state index contributed by atoms with van der Waals surface area (Å²) in [6.07, 6.45) is 5.18. The highest BCUT2D eigenvalue weighted by Crippen LogP contribution is 2.27. The summed E-state index contributed by atoms with van der Waals surface area (Å²) in [4.78, 5) is 17.2. The van der Waals surface area contributed by atoms with Crippen LogP contribution >= 0.6 is 0 Å². The van der Waals surface area contributed by atoms with Gasteiger partial charge in [0.2, 0.25) is 0 Å². The van der Waals surface area contributed by atoms with E-state index in [9.17, 15) is 4.79 Å². The zero-order valence-corrected chi connectivity index (χ0v) is 10.6. The van der Waals surface area contributed by atoms with Crippen LogP contribution in [-0.2, 0) is 11.2 Å². The molecule has 1 atom stereocenters. The highest BCUT2D eigenvalue weighted by Gasteiger charge is 2.26. The second-order valence-electron chi connectivity index (χ2n) is 4.96. The summed E-state index contributed by atoms with van der Waals surface area (Å²) in [7, 11) is 0. The van der Waals surface area contributed by atoms with Crippen molar-refractivity contribution in [1.82, 2.24) is 9.88 Å². The van der Waals surface area contributed by atoms with Gasteiger partial charge in [0, 0.05) is 18.5 Å². The van der Waals surface area contributed by atoms with Gasteiger partial charge in [-0.05, 0) is 33.2 Å². The fraction of sp³-hybridized carbons (Fsp3) is 0.692. The van der Waals surface area contributed by atoms with Crippen LogP contribution in [0.4, 0.5) is 0 Å². The summed E-state index contributed by atoms with van der Waals surface area (Å²) in [5, 5.41) is 0. The normalized spacial score (nSPS) is 21.9. The Hall–Kier alpha value is -1.16. The van der Waals surface area contributed by atoms with Crippen molar-refractivity contribution in [2.75, 3.05) is 13.1 Å². The number of hydrogen-bond acceptors (Lipinski definition) is 4. The second kappa shape index (κ2) is 5.45. The molecule has 1 saturated heterocycles. The molecule has 2 heterocycles. The molecule has 0 bridgehead atoms. The van der Waals surface area contributed by atoms with Gasteiger partial charge in [0.15, 0.2) is 5.89 Å². The molecule has 0 radical (unpaired) electrons. The first-order valence-electron chi connectivity index (χ1n) is 6.33. The van der Waals surface area contributed by atoms with E-state index in [1.807, 2.05) is 0 Å². The van der Waals surface area contributed by atoms with Gasteiger partial charge in [-0.3, -0.25) is 0 Å². The number of piperidine rings is 1. The van der Waals surface area contributed by atoms with Crippen LogP contribution in [0.1, 0.15) is 44.3 Å². The summed E-state index contributed by atoms with van der Waals surface area (Å²) in [5.41, 5.74) is 0. The molecule has 4 heteroatoms. The quantitative estimate of drug-likeness (QED) is 0.750. The van der Waals surface area contributed by atoms with Gasteiger partial charge in [-0.25, -0.2) is 4.98 Å². The van der Waals surface area contributed by atoms with E-state index in [4.69, 9.17) is 4.42 Å². The predicted molar refractivity (Wildman–Crippen MR) is 65.0 cm³/mol. The number of likely N-dealkylation sites (tertiary alicyclic amines) is 1. The van der Waals surface area contributed by atoms with Gasteiger partial charge in [0.05, 0.1) is 12.6 Å². The highest BCUT2D eigenvalue weighted by molar-refractivity contribution is 5.52. The summed E-state index contributed by atoms with van der Waals surface area (Å²) in [6.45, 7) is 6.61. The average Bonchev–Trinajstić information content (AvgIpc) is 2.78. The number of nitrogens with zero attached hydrogens (tertiary/aromatic N) is 2. The van der Waals surface area contributed by atoms with E-state index in [-0.39, 0.29) is 0 Å². The third-order valence-electron chi connectivity index (χ3n) is 3.39. The number of carbonyl (C=O) groups excluding carboxylic acids is 1. The van der Waals surface area contributed by atoms with E-state index in [0.717, 1.165) is 31.7 Å². The minimum Gasteiger partial charge on any atom is -0.445 e. The fourth-order valence-electron chi connectivity index (χ4n) is 2.36. The number of aromatic nitrogens is 1. The van der Waals surface area contributed by atoms with Crippen LogP contribution in [0.15, 0.2) is 10.6 Å². The molecule has 0 N–H and O–H groups in total. The van der Waals surface area contributed by atoms with Gasteiger partial charge >= 0.3 is 0 Å². The molecule has 0 saturated carbocycles. The first kappa shape index (κ1) is 12.3. The van der Waals surface area contributed by atoms with Crippen molar-refractivity contribution in [1.29, 1.82) is 0 Å². The van der Waals surface area contributed by atoms with Crippen molar-refractivity contribution < 1.29 is 9.21 Å². The Morgan fingerprint density at radius 2 is 2.47 bits per heavy atom. The predicted octanol–water partition coefficient (Wildman–Crippen LogP) is 2.00. The van der Waals surface area contributed by atoms with E-state index < -0.39 is 0 Å².